The molecule has 9 heteroatoms. The number of aryl methyl sites for hydroxylation is 1. The van der Waals surface area contributed by atoms with Crippen LogP contribution in [0.15, 0.2) is 48.5 Å². The molecule has 0 atom stereocenters. The third-order valence-corrected chi connectivity index (χ3v) is 4.29. The van der Waals surface area contributed by atoms with Crippen LogP contribution >= 0.6 is 11.3 Å². The van der Waals surface area contributed by atoms with Gasteiger partial charge in [0.2, 0.25) is 5.13 Å². The average molecular weight is 370 g/mol. The molecule has 1 amide bonds. The highest BCUT2D eigenvalue weighted by Gasteiger charge is 2.20. The maximum absolute atomic E-state index is 12.3. The lowest BCUT2D eigenvalue weighted by molar-refractivity contribution is -0.385. The molecular formula is C17H14N4O4S. The zero-order valence-electron chi connectivity index (χ0n) is 13.7. The van der Waals surface area contributed by atoms with Crippen molar-refractivity contribution in [2.45, 2.75) is 13.5 Å². The molecule has 0 radical (unpaired) electrons. The normalized spacial score (nSPS) is 10.3. The minimum Gasteiger partial charge on any atom is -0.486 e. The number of anilines is 1. The van der Waals surface area contributed by atoms with Crippen LogP contribution in [0.1, 0.15) is 20.9 Å². The molecule has 1 aromatic heterocycles. The molecule has 0 bridgehead atoms. The van der Waals surface area contributed by atoms with Crippen LogP contribution in [0.2, 0.25) is 0 Å². The van der Waals surface area contributed by atoms with Gasteiger partial charge in [-0.2, -0.15) is 0 Å². The number of carbonyl (C=O) groups excluding carboxylic acids is 1. The van der Waals surface area contributed by atoms with Gasteiger partial charge in [0.15, 0.2) is 5.01 Å². The van der Waals surface area contributed by atoms with Gasteiger partial charge in [-0.1, -0.05) is 41.7 Å². The first-order chi connectivity index (χ1) is 12.5. The molecule has 0 aliphatic rings. The number of carbonyl (C=O) groups is 1. The van der Waals surface area contributed by atoms with E-state index < -0.39 is 10.8 Å². The molecule has 0 unspecified atom stereocenters. The van der Waals surface area contributed by atoms with Crippen LogP contribution in [-0.2, 0) is 6.61 Å². The van der Waals surface area contributed by atoms with Crippen molar-refractivity contribution in [3.05, 3.63) is 74.8 Å². The number of hydrogen-bond donors (Lipinski definition) is 1. The van der Waals surface area contributed by atoms with E-state index in [1.165, 1.54) is 18.2 Å². The van der Waals surface area contributed by atoms with E-state index in [1.54, 1.807) is 6.07 Å². The molecule has 2 aromatic carbocycles. The topological polar surface area (TPSA) is 107 Å². The summed E-state index contributed by atoms with van der Waals surface area (Å²) in [5.41, 5.74) is 0.699. The Morgan fingerprint density at radius 2 is 1.92 bits per heavy atom. The van der Waals surface area contributed by atoms with E-state index in [0.29, 0.717) is 5.01 Å². The van der Waals surface area contributed by atoms with Crippen molar-refractivity contribution in [2.24, 2.45) is 0 Å². The summed E-state index contributed by atoms with van der Waals surface area (Å²) in [5.74, 6) is 0.132. The molecule has 0 aliphatic heterocycles. The fourth-order valence-corrected chi connectivity index (χ4v) is 2.86. The summed E-state index contributed by atoms with van der Waals surface area (Å²) >= 11 is 1.15. The first-order valence-electron chi connectivity index (χ1n) is 7.60. The molecule has 3 aromatic rings. The summed E-state index contributed by atoms with van der Waals surface area (Å²) in [7, 11) is 0. The van der Waals surface area contributed by atoms with E-state index in [2.05, 4.69) is 15.5 Å². The Labute approximate surface area is 152 Å². The van der Waals surface area contributed by atoms with Gasteiger partial charge >= 0.3 is 0 Å². The number of benzene rings is 2. The smallest absolute Gasteiger partial charge is 0.282 e. The zero-order valence-corrected chi connectivity index (χ0v) is 14.5. The number of nitrogens with zero attached hydrogens (tertiary/aromatic N) is 3. The second-order valence-corrected chi connectivity index (χ2v) is 6.35. The van der Waals surface area contributed by atoms with Gasteiger partial charge in [-0.25, -0.2) is 0 Å². The van der Waals surface area contributed by atoms with Crippen molar-refractivity contribution >= 4 is 28.1 Å². The molecule has 1 heterocycles. The van der Waals surface area contributed by atoms with E-state index in [4.69, 9.17) is 4.74 Å². The van der Waals surface area contributed by atoms with Crippen molar-refractivity contribution in [3.63, 3.8) is 0 Å². The maximum atomic E-state index is 12.3. The number of amides is 1. The first kappa shape index (κ1) is 17.5. The van der Waals surface area contributed by atoms with Gasteiger partial charge in [0, 0.05) is 6.07 Å². The van der Waals surface area contributed by atoms with Crippen LogP contribution < -0.4 is 10.1 Å². The minimum absolute atomic E-state index is 0.0367. The SMILES string of the molecule is Cc1ccccc1OCc1nnc(NC(=O)c2ccccc2[N+](=O)[O-])s1. The van der Waals surface area contributed by atoms with Crippen LogP contribution in [-0.4, -0.2) is 21.0 Å². The fraction of sp³-hybridized carbons (Fsp3) is 0.118. The lowest BCUT2D eigenvalue weighted by Gasteiger charge is -2.06. The number of rotatable bonds is 6. The molecule has 0 saturated heterocycles. The van der Waals surface area contributed by atoms with Gasteiger partial charge in [-0.15, -0.1) is 10.2 Å². The predicted octanol–water partition coefficient (Wildman–Crippen LogP) is 3.59. The molecule has 26 heavy (non-hydrogen) atoms. The second kappa shape index (κ2) is 7.70. The number of nitro groups is 1. The molecule has 0 saturated carbocycles. The summed E-state index contributed by atoms with van der Waals surface area (Å²) in [4.78, 5) is 22.7. The van der Waals surface area contributed by atoms with E-state index in [-0.39, 0.29) is 23.0 Å². The van der Waals surface area contributed by atoms with Crippen LogP contribution in [0.3, 0.4) is 0 Å². The van der Waals surface area contributed by atoms with Gasteiger partial charge in [-0.3, -0.25) is 20.2 Å². The average Bonchev–Trinajstić information content (AvgIpc) is 3.08. The Kier molecular flexibility index (Phi) is 5.18. The molecule has 0 aliphatic carbocycles. The lowest BCUT2D eigenvalue weighted by Crippen LogP contribution is -2.13. The van der Waals surface area contributed by atoms with E-state index in [1.807, 2.05) is 31.2 Å². The van der Waals surface area contributed by atoms with Crippen LogP contribution in [0.25, 0.3) is 0 Å². The lowest BCUT2D eigenvalue weighted by atomic mass is 10.1. The third kappa shape index (κ3) is 4.01. The largest absolute Gasteiger partial charge is 0.486 e. The van der Waals surface area contributed by atoms with Crippen molar-refractivity contribution in [3.8, 4) is 5.75 Å². The number of para-hydroxylation sites is 2. The second-order valence-electron chi connectivity index (χ2n) is 5.28. The maximum Gasteiger partial charge on any atom is 0.282 e. The van der Waals surface area contributed by atoms with Crippen LogP contribution in [0.4, 0.5) is 10.8 Å². The van der Waals surface area contributed by atoms with Crippen molar-refractivity contribution < 1.29 is 14.5 Å². The Bertz CT molecular complexity index is 957. The highest BCUT2D eigenvalue weighted by molar-refractivity contribution is 7.15. The van der Waals surface area contributed by atoms with Gasteiger partial charge < -0.3 is 4.74 Å². The van der Waals surface area contributed by atoms with Crippen LogP contribution in [0.5, 0.6) is 5.75 Å². The Morgan fingerprint density at radius 3 is 2.69 bits per heavy atom. The van der Waals surface area contributed by atoms with Crippen molar-refractivity contribution in [1.29, 1.82) is 0 Å². The summed E-state index contributed by atoms with van der Waals surface area (Å²) < 4.78 is 5.68. The van der Waals surface area contributed by atoms with Crippen LogP contribution in [0, 0.1) is 17.0 Å². The van der Waals surface area contributed by atoms with Crippen molar-refractivity contribution in [1.82, 2.24) is 10.2 Å². The third-order valence-electron chi connectivity index (χ3n) is 3.48. The van der Waals surface area contributed by atoms with Gasteiger partial charge in [0.1, 0.15) is 17.9 Å². The van der Waals surface area contributed by atoms with E-state index >= 15 is 0 Å². The number of hydrogen-bond acceptors (Lipinski definition) is 7. The molecule has 0 fully saturated rings. The molecule has 3 rings (SSSR count). The fourth-order valence-electron chi connectivity index (χ4n) is 2.21. The quantitative estimate of drug-likeness (QED) is 0.525. The highest BCUT2D eigenvalue weighted by atomic mass is 32.1. The molecule has 132 valence electrons. The molecule has 8 nitrogen and oxygen atoms in total. The molecule has 1 N–H and O–H groups in total. The minimum atomic E-state index is -0.611. The summed E-state index contributed by atoms with van der Waals surface area (Å²) in [6.45, 7) is 2.15. The number of nitrogens with one attached hydrogen (secondary N) is 1. The van der Waals surface area contributed by atoms with E-state index in [0.717, 1.165) is 22.6 Å². The van der Waals surface area contributed by atoms with Gasteiger partial charge in [0.05, 0.1) is 4.92 Å². The Balaban J connectivity index is 1.66. The Hall–Kier alpha value is -3.33. The van der Waals surface area contributed by atoms with Crippen molar-refractivity contribution in [2.75, 3.05) is 5.32 Å². The van der Waals surface area contributed by atoms with E-state index in [9.17, 15) is 14.9 Å². The number of ether oxygens (including phenoxy) is 1. The molecular weight excluding hydrogens is 356 g/mol. The van der Waals surface area contributed by atoms with Gasteiger partial charge in [0.25, 0.3) is 11.6 Å². The standard InChI is InChI=1S/C17H14N4O4S/c1-11-6-2-5-9-14(11)25-10-15-19-20-17(26-15)18-16(22)12-7-3-4-8-13(12)21(23)24/h2-9H,10H2,1H3,(H,18,20,22). The summed E-state index contributed by atoms with van der Waals surface area (Å²) in [5, 5.41) is 22.2. The number of aromatic nitrogens is 2. The van der Waals surface area contributed by atoms with Gasteiger partial charge in [-0.05, 0) is 24.6 Å². The zero-order chi connectivity index (χ0) is 18.5. The highest BCUT2D eigenvalue weighted by Crippen LogP contribution is 2.23. The summed E-state index contributed by atoms with van der Waals surface area (Å²) in [6, 6.07) is 13.3. The monoisotopic (exact) mass is 370 g/mol. The predicted molar refractivity (Wildman–Crippen MR) is 96.5 cm³/mol. The first-order valence-corrected chi connectivity index (χ1v) is 8.42. The Morgan fingerprint density at radius 1 is 1.19 bits per heavy atom. The molecule has 0 spiro atoms. The number of nitro benzene ring substituents is 1. The summed E-state index contributed by atoms with van der Waals surface area (Å²) in [6.07, 6.45) is 0.